The van der Waals surface area contributed by atoms with Gasteiger partial charge in [0.05, 0.1) is 19.3 Å². The highest BCUT2D eigenvalue weighted by atomic mass is 16.5. The first kappa shape index (κ1) is 20.1. The van der Waals surface area contributed by atoms with Gasteiger partial charge in [0.2, 0.25) is 0 Å². The van der Waals surface area contributed by atoms with Crippen molar-refractivity contribution in [1.82, 2.24) is 14.8 Å². The Balaban J connectivity index is 1.61. The van der Waals surface area contributed by atoms with Crippen LogP contribution in [0, 0.1) is 5.92 Å². The van der Waals surface area contributed by atoms with Crippen LogP contribution in [-0.2, 0) is 13.6 Å². The van der Waals surface area contributed by atoms with Crippen LogP contribution in [-0.4, -0.2) is 55.8 Å². The zero-order valence-electron chi connectivity index (χ0n) is 17.6. The molecule has 1 fully saturated rings. The number of para-hydroxylation sites is 2. The van der Waals surface area contributed by atoms with Crippen molar-refractivity contribution in [3.63, 3.8) is 0 Å². The smallest absolute Gasteiger partial charge is 0.194 e. The van der Waals surface area contributed by atoms with Crippen LogP contribution in [0.4, 0.5) is 5.69 Å². The number of aromatic nitrogens is 1. The number of aliphatic imine (C=N–C) groups is 1. The maximum Gasteiger partial charge on any atom is 0.194 e. The Labute approximate surface area is 168 Å². The van der Waals surface area contributed by atoms with E-state index in [-0.39, 0.29) is 0 Å². The van der Waals surface area contributed by atoms with Gasteiger partial charge < -0.3 is 24.4 Å². The first-order valence-electron chi connectivity index (χ1n) is 10.1. The molecule has 1 atom stereocenters. The standard InChI is InChI=1S/C22H33N5O/c1-5-23-22(26(3)17-19-9-8-13-25(19)2)24-15-18-12-14-27(16-18)20-10-6-7-11-21(20)28-4/h6-11,13,18H,5,12,14-17H2,1-4H3,(H,23,24). The number of hydrogen-bond acceptors (Lipinski definition) is 3. The van der Waals surface area contributed by atoms with Crippen LogP contribution in [0.3, 0.4) is 0 Å². The van der Waals surface area contributed by atoms with Crippen molar-refractivity contribution in [1.29, 1.82) is 0 Å². The van der Waals surface area contributed by atoms with Crippen molar-refractivity contribution < 1.29 is 4.74 Å². The summed E-state index contributed by atoms with van der Waals surface area (Å²) in [6, 6.07) is 12.5. The third kappa shape index (κ3) is 4.80. The Hall–Kier alpha value is -2.63. The number of rotatable bonds is 7. The number of nitrogens with zero attached hydrogens (tertiary/aromatic N) is 4. The van der Waals surface area contributed by atoms with Crippen molar-refractivity contribution in [2.75, 3.05) is 45.2 Å². The number of guanidine groups is 1. The Morgan fingerprint density at radius 1 is 1.29 bits per heavy atom. The third-order valence-corrected chi connectivity index (χ3v) is 5.36. The van der Waals surface area contributed by atoms with Crippen molar-refractivity contribution in [3.8, 4) is 5.75 Å². The molecule has 1 saturated heterocycles. The molecule has 6 heteroatoms. The lowest BCUT2D eigenvalue weighted by molar-refractivity contribution is 0.414. The fourth-order valence-corrected chi connectivity index (χ4v) is 3.76. The Kier molecular flexibility index (Phi) is 6.85. The second-order valence-electron chi connectivity index (χ2n) is 7.43. The summed E-state index contributed by atoms with van der Waals surface area (Å²) in [7, 11) is 5.92. The minimum Gasteiger partial charge on any atom is -0.495 e. The molecule has 1 aromatic heterocycles. The topological polar surface area (TPSA) is 45.0 Å². The van der Waals surface area contributed by atoms with Crippen LogP contribution >= 0.6 is 0 Å². The number of methoxy groups -OCH3 is 1. The maximum atomic E-state index is 5.53. The van der Waals surface area contributed by atoms with E-state index in [0.717, 1.165) is 50.9 Å². The van der Waals surface area contributed by atoms with E-state index in [9.17, 15) is 0 Å². The molecule has 0 saturated carbocycles. The number of aryl methyl sites for hydroxylation is 1. The molecule has 152 valence electrons. The molecular formula is C22H33N5O. The van der Waals surface area contributed by atoms with E-state index in [1.807, 2.05) is 12.1 Å². The van der Waals surface area contributed by atoms with Gasteiger partial charge in [0.25, 0.3) is 0 Å². The molecule has 0 amide bonds. The molecule has 0 aliphatic carbocycles. The van der Waals surface area contributed by atoms with Gasteiger partial charge in [-0.1, -0.05) is 12.1 Å². The van der Waals surface area contributed by atoms with E-state index >= 15 is 0 Å². The van der Waals surface area contributed by atoms with Crippen LogP contribution in [0.1, 0.15) is 19.0 Å². The lowest BCUT2D eigenvalue weighted by atomic mass is 10.1. The van der Waals surface area contributed by atoms with E-state index in [1.54, 1.807) is 7.11 Å². The monoisotopic (exact) mass is 383 g/mol. The van der Waals surface area contributed by atoms with Crippen LogP contribution in [0.15, 0.2) is 47.6 Å². The summed E-state index contributed by atoms with van der Waals surface area (Å²) < 4.78 is 7.68. The molecule has 1 N–H and O–H groups in total. The molecule has 1 unspecified atom stereocenters. The fourth-order valence-electron chi connectivity index (χ4n) is 3.76. The van der Waals surface area contributed by atoms with Gasteiger partial charge in [-0.15, -0.1) is 0 Å². The summed E-state index contributed by atoms with van der Waals surface area (Å²) >= 11 is 0. The SMILES string of the molecule is CCNC(=NCC1CCN(c2ccccc2OC)C1)N(C)Cc1cccn1C. The Morgan fingerprint density at radius 2 is 2.11 bits per heavy atom. The molecule has 28 heavy (non-hydrogen) atoms. The zero-order chi connectivity index (χ0) is 19.9. The van der Waals surface area contributed by atoms with E-state index in [1.165, 1.54) is 11.4 Å². The largest absolute Gasteiger partial charge is 0.495 e. The number of hydrogen-bond donors (Lipinski definition) is 1. The van der Waals surface area contributed by atoms with Crippen molar-refractivity contribution in [2.45, 2.75) is 19.9 Å². The number of nitrogens with one attached hydrogen (secondary N) is 1. The highest BCUT2D eigenvalue weighted by Gasteiger charge is 2.24. The van der Waals surface area contributed by atoms with Gasteiger partial charge in [-0.25, -0.2) is 0 Å². The van der Waals surface area contributed by atoms with Gasteiger partial charge in [-0.3, -0.25) is 4.99 Å². The summed E-state index contributed by atoms with van der Waals surface area (Å²) in [6.45, 7) is 6.74. The summed E-state index contributed by atoms with van der Waals surface area (Å²) in [5.41, 5.74) is 2.46. The second kappa shape index (κ2) is 9.53. The molecule has 0 radical (unpaired) electrons. The van der Waals surface area contributed by atoms with Gasteiger partial charge >= 0.3 is 0 Å². The normalized spacial score (nSPS) is 17.1. The zero-order valence-corrected chi connectivity index (χ0v) is 17.6. The average molecular weight is 384 g/mol. The van der Waals surface area contributed by atoms with Crippen LogP contribution in [0.25, 0.3) is 0 Å². The van der Waals surface area contributed by atoms with Gasteiger partial charge in [-0.2, -0.15) is 0 Å². The summed E-state index contributed by atoms with van der Waals surface area (Å²) in [5, 5.41) is 3.43. The molecule has 1 aliphatic rings. The van der Waals surface area contributed by atoms with Gasteiger partial charge in [0, 0.05) is 52.2 Å². The van der Waals surface area contributed by atoms with Crippen molar-refractivity contribution >= 4 is 11.6 Å². The molecule has 1 aliphatic heterocycles. The van der Waals surface area contributed by atoms with E-state index in [4.69, 9.17) is 9.73 Å². The Bertz CT molecular complexity index is 785. The third-order valence-electron chi connectivity index (χ3n) is 5.36. The van der Waals surface area contributed by atoms with Crippen molar-refractivity contribution in [2.24, 2.45) is 18.0 Å². The highest BCUT2D eigenvalue weighted by molar-refractivity contribution is 5.79. The first-order chi connectivity index (χ1) is 13.6. The highest BCUT2D eigenvalue weighted by Crippen LogP contribution is 2.32. The quantitative estimate of drug-likeness (QED) is 0.590. The molecule has 0 bridgehead atoms. The summed E-state index contributed by atoms with van der Waals surface area (Å²) in [5.74, 6) is 2.48. The molecule has 2 heterocycles. The molecule has 2 aromatic rings. The second-order valence-corrected chi connectivity index (χ2v) is 7.43. The number of ether oxygens (including phenoxy) is 1. The minimum atomic E-state index is 0.557. The minimum absolute atomic E-state index is 0.557. The first-order valence-corrected chi connectivity index (χ1v) is 10.1. The fraction of sp³-hybridized carbons (Fsp3) is 0.500. The van der Waals surface area contributed by atoms with Gasteiger partial charge in [-0.05, 0) is 43.5 Å². The van der Waals surface area contributed by atoms with Crippen molar-refractivity contribution in [3.05, 3.63) is 48.3 Å². The molecule has 1 aromatic carbocycles. The lowest BCUT2D eigenvalue weighted by Gasteiger charge is -2.23. The van der Waals surface area contributed by atoms with Gasteiger partial charge in [0.15, 0.2) is 5.96 Å². The van der Waals surface area contributed by atoms with Gasteiger partial charge in [0.1, 0.15) is 5.75 Å². The van der Waals surface area contributed by atoms with E-state index in [0.29, 0.717) is 5.92 Å². The van der Waals surface area contributed by atoms with E-state index in [2.05, 4.69) is 71.2 Å². The molecule has 6 nitrogen and oxygen atoms in total. The predicted molar refractivity (Wildman–Crippen MR) is 116 cm³/mol. The summed E-state index contributed by atoms with van der Waals surface area (Å²) in [6.07, 6.45) is 3.24. The molecule has 3 rings (SSSR count). The number of benzene rings is 1. The lowest BCUT2D eigenvalue weighted by Crippen LogP contribution is -2.39. The van der Waals surface area contributed by atoms with Crippen LogP contribution < -0.4 is 15.0 Å². The Morgan fingerprint density at radius 3 is 2.82 bits per heavy atom. The number of anilines is 1. The maximum absolute atomic E-state index is 5.53. The van der Waals surface area contributed by atoms with E-state index < -0.39 is 0 Å². The molecular weight excluding hydrogens is 350 g/mol. The van der Waals surface area contributed by atoms with Crippen LogP contribution in [0.2, 0.25) is 0 Å². The molecule has 0 spiro atoms. The average Bonchev–Trinajstić information content (AvgIpc) is 3.34. The predicted octanol–water partition coefficient (Wildman–Crippen LogP) is 2.96. The summed E-state index contributed by atoms with van der Waals surface area (Å²) in [4.78, 5) is 9.56. The van der Waals surface area contributed by atoms with Crippen LogP contribution in [0.5, 0.6) is 5.75 Å².